The van der Waals surface area contributed by atoms with Crippen LogP contribution in [0.25, 0.3) is 10.1 Å². The van der Waals surface area contributed by atoms with Crippen molar-refractivity contribution in [2.75, 3.05) is 59.0 Å². The Balaban J connectivity index is 1.37. The van der Waals surface area contributed by atoms with Gasteiger partial charge < -0.3 is 14.5 Å². The van der Waals surface area contributed by atoms with E-state index in [0.29, 0.717) is 65.9 Å². The van der Waals surface area contributed by atoms with Crippen LogP contribution in [0.4, 0.5) is 4.39 Å². The normalized spacial score (nSPS) is 18.6. The molecule has 2 fully saturated rings. The number of carbonyl (C=O) groups excluding carboxylic acids is 2. The van der Waals surface area contributed by atoms with Crippen LogP contribution in [0.2, 0.25) is 5.02 Å². The molecular weight excluding hydrogens is 405 g/mol. The predicted molar refractivity (Wildman–Crippen MR) is 107 cm³/mol. The third kappa shape index (κ3) is 4.00. The number of rotatable bonds is 3. The summed E-state index contributed by atoms with van der Waals surface area (Å²) >= 11 is 7.58. The lowest BCUT2D eigenvalue weighted by atomic mass is 10.2. The maximum absolute atomic E-state index is 13.4. The summed E-state index contributed by atoms with van der Waals surface area (Å²) in [6, 6.07) is 4.33. The van der Waals surface area contributed by atoms with Gasteiger partial charge in [-0.15, -0.1) is 11.3 Å². The van der Waals surface area contributed by atoms with Gasteiger partial charge >= 0.3 is 0 Å². The summed E-state index contributed by atoms with van der Waals surface area (Å²) in [4.78, 5) is 31.4. The molecule has 0 atom stereocenters. The van der Waals surface area contributed by atoms with Crippen LogP contribution < -0.4 is 0 Å². The highest BCUT2D eigenvalue weighted by Crippen LogP contribution is 2.36. The number of hydrogen-bond acceptors (Lipinski definition) is 5. The molecule has 2 aliphatic heterocycles. The van der Waals surface area contributed by atoms with Crippen molar-refractivity contribution in [2.45, 2.75) is 0 Å². The zero-order valence-electron chi connectivity index (χ0n) is 15.3. The Morgan fingerprint density at radius 3 is 2.46 bits per heavy atom. The van der Waals surface area contributed by atoms with E-state index < -0.39 is 0 Å². The number of hydrogen-bond donors (Lipinski definition) is 0. The molecule has 1 aromatic carbocycles. The fourth-order valence-electron chi connectivity index (χ4n) is 3.53. The third-order valence-corrected chi connectivity index (χ3v) is 6.81. The molecule has 150 valence electrons. The van der Waals surface area contributed by atoms with Crippen LogP contribution in [0.15, 0.2) is 18.2 Å². The third-order valence-electron chi connectivity index (χ3n) is 5.17. The highest BCUT2D eigenvalue weighted by molar-refractivity contribution is 7.21. The van der Waals surface area contributed by atoms with Gasteiger partial charge in [-0.3, -0.25) is 14.5 Å². The lowest BCUT2D eigenvalue weighted by Crippen LogP contribution is -2.53. The second-order valence-corrected chi connectivity index (χ2v) is 8.38. The van der Waals surface area contributed by atoms with E-state index in [-0.39, 0.29) is 17.6 Å². The average molecular weight is 426 g/mol. The molecule has 3 heterocycles. The van der Waals surface area contributed by atoms with E-state index in [1.54, 1.807) is 15.9 Å². The molecule has 6 nitrogen and oxygen atoms in total. The number of halogens is 2. The molecule has 2 aliphatic rings. The van der Waals surface area contributed by atoms with Gasteiger partial charge in [0.2, 0.25) is 5.91 Å². The molecule has 2 amide bonds. The molecule has 0 spiro atoms. The Morgan fingerprint density at radius 1 is 1.07 bits per heavy atom. The number of benzene rings is 1. The van der Waals surface area contributed by atoms with Crippen LogP contribution in [0, 0.1) is 5.82 Å². The zero-order chi connectivity index (χ0) is 19.7. The van der Waals surface area contributed by atoms with Crippen molar-refractivity contribution >= 4 is 44.8 Å². The van der Waals surface area contributed by atoms with Gasteiger partial charge in [0, 0.05) is 49.4 Å². The van der Waals surface area contributed by atoms with Crippen molar-refractivity contribution in [1.82, 2.24) is 14.7 Å². The summed E-state index contributed by atoms with van der Waals surface area (Å²) in [6.45, 7) is 5.21. The van der Waals surface area contributed by atoms with Gasteiger partial charge in [-0.05, 0) is 18.2 Å². The van der Waals surface area contributed by atoms with Gasteiger partial charge in [-0.25, -0.2) is 4.39 Å². The standard InChI is InChI=1S/C19H21ClFN3O3S/c20-17-14-2-1-13(21)11-15(14)28-18(17)19(26)24-5-3-23(4-6-24)16(25)12-22-7-9-27-10-8-22/h1-2,11H,3-10,12H2. The smallest absolute Gasteiger partial charge is 0.265 e. The summed E-state index contributed by atoms with van der Waals surface area (Å²) in [6.07, 6.45) is 0. The molecule has 0 unspecified atom stereocenters. The van der Waals surface area contributed by atoms with Gasteiger partial charge in [-0.2, -0.15) is 0 Å². The van der Waals surface area contributed by atoms with Crippen LogP contribution in [0.1, 0.15) is 9.67 Å². The molecule has 9 heteroatoms. The SMILES string of the molecule is O=C(CN1CCOCC1)N1CCN(C(=O)c2sc3cc(F)ccc3c2Cl)CC1. The van der Waals surface area contributed by atoms with Crippen LogP contribution in [-0.2, 0) is 9.53 Å². The van der Waals surface area contributed by atoms with E-state index in [0.717, 1.165) is 13.1 Å². The van der Waals surface area contributed by atoms with Gasteiger partial charge in [-0.1, -0.05) is 11.6 Å². The monoisotopic (exact) mass is 425 g/mol. The number of nitrogens with zero attached hydrogens (tertiary/aromatic N) is 3. The summed E-state index contributed by atoms with van der Waals surface area (Å²) in [5, 5.41) is 1.06. The Labute approximate surface area is 171 Å². The van der Waals surface area contributed by atoms with Crippen molar-refractivity contribution in [1.29, 1.82) is 0 Å². The predicted octanol–water partition coefficient (Wildman–Crippen LogP) is 2.31. The number of carbonyl (C=O) groups is 2. The first-order chi connectivity index (χ1) is 13.5. The Bertz CT molecular complexity index is 892. The molecule has 0 N–H and O–H groups in total. The second kappa shape index (κ2) is 8.32. The molecule has 0 bridgehead atoms. The van der Waals surface area contributed by atoms with Crippen LogP contribution in [-0.4, -0.2) is 85.5 Å². The van der Waals surface area contributed by atoms with Crippen LogP contribution in [0.5, 0.6) is 0 Å². The Kier molecular flexibility index (Phi) is 5.82. The van der Waals surface area contributed by atoms with Gasteiger partial charge in [0.05, 0.1) is 24.8 Å². The molecule has 2 saturated heterocycles. The molecule has 28 heavy (non-hydrogen) atoms. The van der Waals surface area contributed by atoms with Gasteiger partial charge in [0.15, 0.2) is 0 Å². The Morgan fingerprint density at radius 2 is 1.75 bits per heavy atom. The number of piperazine rings is 1. The summed E-state index contributed by atoms with van der Waals surface area (Å²) in [7, 11) is 0. The summed E-state index contributed by atoms with van der Waals surface area (Å²) < 4.78 is 19.4. The number of morpholine rings is 1. The first-order valence-electron chi connectivity index (χ1n) is 9.27. The minimum atomic E-state index is -0.350. The molecule has 2 aromatic rings. The molecular formula is C19H21ClFN3O3S. The van der Waals surface area contributed by atoms with Crippen molar-refractivity contribution in [3.05, 3.63) is 33.9 Å². The fourth-order valence-corrected chi connectivity index (χ4v) is 5.03. The van der Waals surface area contributed by atoms with Crippen molar-refractivity contribution in [3.63, 3.8) is 0 Å². The molecule has 0 saturated carbocycles. The molecule has 0 radical (unpaired) electrons. The van der Waals surface area contributed by atoms with Gasteiger partial charge in [0.25, 0.3) is 5.91 Å². The van der Waals surface area contributed by atoms with Crippen molar-refractivity contribution in [3.8, 4) is 0 Å². The maximum atomic E-state index is 13.4. The minimum Gasteiger partial charge on any atom is -0.379 e. The van der Waals surface area contributed by atoms with E-state index >= 15 is 0 Å². The van der Waals surface area contributed by atoms with E-state index in [1.165, 1.54) is 23.5 Å². The number of thiophene rings is 1. The molecule has 0 aliphatic carbocycles. The topological polar surface area (TPSA) is 53.1 Å². The largest absolute Gasteiger partial charge is 0.379 e. The lowest BCUT2D eigenvalue weighted by Gasteiger charge is -2.36. The fraction of sp³-hybridized carbons (Fsp3) is 0.474. The van der Waals surface area contributed by atoms with E-state index in [9.17, 15) is 14.0 Å². The maximum Gasteiger partial charge on any atom is 0.265 e. The number of amides is 2. The Hall–Kier alpha value is -1.74. The summed E-state index contributed by atoms with van der Waals surface area (Å²) in [5.74, 6) is -0.423. The zero-order valence-corrected chi connectivity index (χ0v) is 16.9. The second-order valence-electron chi connectivity index (χ2n) is 6.95. The average Bonchev–Trinajstić information content (AvgIpc) is 3.04. The van der Waals surface area contributed by atoms with Crippen molar-refractivity contribution < 1.29 is 18.7 Å². The minimum absolute atomic E-state index is 0.0874. The number of ether oxygens (including phenoxy) is 1. The summed E-state index contributed by atoms with van der Waals surface area (Å²) in [5.41, 5.74) is 0. The highest BCUT2D eigenvalue weighted by Gasteiger charge is 2.28. The number of fused-ring (bicyclic) bond motifs is 1. The first-order valence-corrected chi connectivity index (χ1v) is 10.5. The molecule has 4 rings (SSSR count). The van der Waals surface area contributed by atoms with E-state index in [4.69, 9.17) is 16.3 Å². The van der Waals surface area contributed by atoms with E-state index in [2.05, 4.69) is 4.90 Å². The molecule has 1 aromatic heterocycles. The van der Waals surface area contributed by atoms with Gasteiger partial charge in [0.1, 0.15) is 10.7 Å². The quantitative estimate of drug-likeness (QED) is 0.757. The lowest BCUT2D eigenvalue weighted by molar-refractivity contribution is -0.134. The highest BCUT2D eigenvalue weighted by atomic mass is 35.5. The van der Waals surface area contributed by atoms with E-state index in [1.807, 2.05) is 0 Å². The van der Waals surface area contributed by atoms with Crippen LogP contribution in [0.3, 0.4) is 0 Å². The van der Waals surface area contributed by atoms with Crippen molar-refractivity contribution in [2.24, 2.45) is 0 Å². The van der Waals surface area contributed by atoms with Crippen LogP contribution >= 0.6 is 22.9 Å². The first kappa shape index (κ1) is 19.6.